The summed E-state index contributed by atoms with van der Waals surface area (Å²) < 4.78 is 10.9. The number of nitrogens with zero attached hydrogens (tertiary/aromatic N) is 2. The van der Waals surface area contributed by atoms with Gasteiger partial charge in [-0.05, 0) is 60.3 Å². The minimum absolute atomic E-state index is 0.00247. The number of methoxy groups -OCH3 is 2. The van der Waals surface area contributed by atoms with Gasteiger partial charge in [-0.2, -0.15) is 0 Å². The van der Waals surface area contributed by atoms with E-state index < -0.39 is 0 Å². The highest BCUT2D eigenvalue weighted by Gasteiger charge is 2.34. The predicted molar refractivity (Wildman–Crippen MR) is 133 cm³/mol. The van der Waals surface area contributed by atoms with E-state index in [0.717, 1.165) is 24.8 Å². The lowest BCUT2D eigenvalue weighted by Crippen LogP contribution is -2.52. The van der Waals surface area contributed by atoms with E-state index in [2.05, 4.69) is 68.3 Å². The van der Waals surface area contributed by atoms with Gasteiger partial charge in [0, 0.05) is 18.2 Å². The molecule has 2 atom stereocenters. The summed E-state index contributed by atoms with van der Waals surface area (Å²) in [6, 6.07) is 19.1. The fourth-order valence-electron chi connectivity index (χ4n) is 5.31. The number of ether oxygens (including phenoxy) is 2. The Balaban J connectivity index is 1.67. The number of fused-ring (bicyclic) bond motifs is 2. The molecule has 0 N–H and O–H groups in total. The van der Waals surface area contributed by atoms with Crippen LogP contribution in [0.5, 0.6) is 11.5 Å². The largest absolute Gasteiger partial charge is 0.493 e. The molecule has 4 rings (SSSR count). The van der Waals surface area contributed by atoms with E-state index in [9.17, 15) is 4.79 Å². The maximum absolute atomic E-state index is 13.7. The van der Waals surface area contributed by atoms with E-state index >= 15 is 0 Å². The Morgan fingerprint density at radius 1 is 0.970 bits per heavy atom. The zero-order valence-corrected chi connectivity index (χ0v) is 20.3. The number of hydrogen-bond acceptors (Lipinski definition) is 4. The van der Waals surface area contributed by atoms with Crippen molar-refractivity contribution in [2.24, 2.45) is 0 Å². The summed E-state index contributed by atoms with van der Waals surface area (Å²) in [5.74, 6) is 1.32. The Hall–Kier alpha value is -3.05. The van der Waals surface area contributed by atoms with Crippen molar-refractivity contribution in [3.8, 4) is 11.5 Å². The van der Waals surface area contributed by atoms with Crippen LogP contribution in [-0.4, -0.2) is 49.7 Å². The Morgan fingerprint density at radius 3 is 2.36 bits per heavy atom. The molecule has 1 aliphatic rings. The van der Waals surface area contributed by atoms with Crippen molar-refractivity contribution in [1.82, 2.24) is 9.80 Å². The normalized spacial score (nSPS) is 15.5. The van der Waals surface area contributed by atoms with Crippen LogP contribution in [-0.2, 0) is 6.42 Å². The second-order valence-corrected chi connectivity index (χ2v) is 8.66. The maximum Gasteiger partial charge on any atom is 0.255 e. The van der Waals surface area contributed by atoms with Crippen molar-refractivity contribution in [2.75, 3.05) is 27.8 Å². The molecule has 0 radical (unpaired) electrons. The Morgan fingerprint density at radius 2 is 1.67 bits per heavy atom. The van der Waals surface area contributed by atoms with Gasteiger partial charge in [-0.25, -0.2) is 0 Å². The van der Waals surface area contributed by atoms with Crippen LogP contribution < -0.4 is 9.47 Å². The predicted octanol–water partition coefficient (Wildman–Crippen LogP) is 5.67. The van der Waals surface area contributed by atoms with E-state index in [0.29, 0.717) is 23.6 Å². The van der Waals surface area contributed by atoms with E-state index in [1.54, 1.807) is 14.2 Å². The highest BCUT2D eigenvalue weighted by atomic mass is 16.5. The van der Waals surface area contributed by atoms with Gasteiger partial charge in [0.05, 0.1) is 20.4 Å². The van der Waals surface area contributed by atoms with Gasteiger partial charge in [0.2, 0.25) is 0 Å². The molecule has 0 bridgehead atoms. The summed E-state index contributed by atoms with van der Waals surface area (Å²) in [4.78, 5) is 18.1. The van der Waals surface area contributed by atoms with Crippen LogP contribution in [0, 0.1) is 0 Å². The van der Waals surface area contributed by atoms with Crippen molar-refractivity contribution in [1.29, 1.82) is 0 Å². The van der Waals surface area contributed by atoms with Gasteiger partial charge in [-0.3, -0.25) is 9.69 Å². The molecule has 5 nitrogen and oxygen atoms in total. The third-order valence-electron chi connectivity index (χ3n) is 6.98. The third kappa shape index (κ3) is 4.18. The zero-order chi connectivity index (χ0) is 23.5. The first kappa shape index (κ1) is 23.1. The number of benzene rings is 3. The quantitative estimate of drug-likeness (QED) is 0.447. The van der Waals surface area contributed by atoms with E-state index in [1.165, 1.54) is 16.3 Å². The van der Waals surface area contributed by atoms with Crippen LogP contribution in [0.1, 0.15) is 54.2 Å². The highest BCUT2D eigenvalue weighted by Crippen LogP contribution is 2.36. The maximum atomic E-state index is 13.7. The van der Waals surface area contributed by atoms with Gasteiger partial charge in [0.1, 0.15) is 0 Å². The zero-order valence-electron chi connectivity index (χ0n) is 20.3. The van der Waals surface area contributed by atoms with Gasteiger partial charge in [-0.15, -0.1) is 0 Å². The lowest BCUT2D eigenvalue weighted by Gasteiger charge is -2.43. The second kappa shape index (κ2) is 9.84. The van der Waals surface area contributed by atoms with Crippen molar-refractivity contribution in [2.45, 2.75) is 45.3 Å². The smallest absolute Gasteiger partial charge is 0.255 e. The minimum atomic E-state index is 0.00247. The summed E-state index contributed by atoms with van der Waals surface area (Å²) in [7, 11) is 5.39. The van der Waals surface area contributed by atoms with Crippen LogP contribution in [0.25, 0.3) is 10.8 Å². The van der Waals surface area contributed by atoms with Gasteiger partial charge in [-0.1, -0.05) is 56.3 Å². The first-order chi connectivity index (χ1) is 16.0. The van der Waals surface area contributed by atoms with Crippen LogP contribution in [0.15, 0.2) is 54.6 Å². The number of hydrogen-bond donors (Lipinski definition) is 0. The molecular weight excluding hydrogens is 412 g/mol. The molecule has 1 aliphatic heterocycles. The molecule has 0 aliphatic carbocycles. The highest BCUT2D eigenvalue weighted by molar-refractivity contribution is 5.97. The van der Waals surface area contributed by atoms with Gasteiger partial charge in [0.15, 0.2) is 11.5 Å². The lowest BCUT2D eigenvalue weighted by molar-refractivity contribution is 0.0200. The molecule has 5 heteroatoms. The van der Waals surface area contributed by atoms with E-state index in [-0.39, 0.29) is 18.1 Å². The molecule has 174 valence electrons. The monoisotopic (exact) mass is 446 g/mol. The first-order valence-electron chi connectivity index (χ1n) is 11.8. The fourth-order valence-corrected chi connectivity index (χ4v) is 5.31. The average molecular weight is 447 g/mol. The van der Waals surface area contributed by atoms with Crippen molar-refractivity contribution in [3.63, 3.8) is 0 Å². The Labute approximate surface area is 196 Å². The molecule has 33 heavy (non-hydrogen) atoms. The molecule has 3 aromatic carbocycles. The van der Waals surface area contributed by atoms with Crippen LogP contribution in [0.2, 0.25) is 0 Å². The Kier molecular flexibility index (Phi) is 6.89. The van der Waals surface area contributed by atoms with Gasteiger partial charge < -0.3 is 14.4 Å². The van der Waals surface area contributed by atoms with Gasteiger partial charge in [0.25, 0.3) is 5.91 Å². The molecule has 1 heterocycles. The summed E-state index contributed by atoms with van der Waals surface area (Å²) >= 11 is 0. The summed E-state index contributed by atoms with van der Waals surface area (Å²) in [5, 5.41) is 2.53. The van der Waals surface area contributed by atoms with E-state index in [4.69, 9.17) is 9.47 Å². The van der Waals surface area contributed by atoms with E-state index in [1.807, 2.05) is 17.0 Å². The molecule has 0 aromatic heterocycles. The molecule has 0 saturated heterocycles. The lowest BCUT2D eigenvalue weighted by atomic mass is 9.94. The number of carbonyl (C=O) groups is 1. The number of amides is 1. The molecule has 1 amide bonds. The van der Waals surface area contributed by atoms with Crippen LogP contribution in [0.4, 0.5) is 0 Å². The first-order valence-corrected chi connectivity index (χ1v) is 11.8. The van der Waals surface area contributed by atoms with Crippen molar-refractivity contribution >= 4 is 16.7 Å². The molecule has 0 fully saturated rings. The molecular formula is C28H34N2O3. The minimum Gasteiger partial charge on any atom is -0.493 e. The van der Waals surface area contributed by atoms with Crippen LogP contribution in [0.3, 0.4) is 0 Å². The number of rotatable bonds is 8. The Bertz CT molecular complexity index is 1140. The van der Waals surface area contributed by atoms with Gasteiger partial charge >= 0.3 is 0 Å². The summed E-state index contributed by atoms with van der Waals surface area (Å²) in [5.41, 5.74) is 3.05. The standard InChI is InChI=1S/C28H34N2O3/c1-6-24(22-14-10-12-19-11-8-9-13-21(19)22)29(3)27(7-2)30-16-15-20-17-25(32-4)26(33-5)18-23(20)28(30)31/h8-14,17-18,24,27H,6-7,15-16H2,1-5H3. The van der Waals surface area contributed by atoms with Crippen LogP contribution >= 0.6 is 0 Å². The number of carbonyl (C=O) groups excluding carboxylic acids is 1. The molecule has 0 saturated carbocycles. The molecule has 3 aromatic rings. The molecule has 0 spiro atoms. The average Bonchev–Trinajstić information content (AvgIpc) is 2.85. The topological polar surface area (TPSA) is 42.0 Å². The van der Waals surface area contributed by atoms with Crippen molar-refractivity contribution in [3.05, 3.63) is 71.3 Å². The SMILES string of the molecule is CCC(c1cccc2ccccc12)N(C)C(CC)N1CCc2cc(OC)c(OC)cc2C1=O. The summed E-state index contributed by atoms with van der Waals surface area (Å²) in [6.45, 7) is 5.07. The summed E-state index contributed by atoms with van der Waals surface area (Å²) in [6.07, 6.45) is 2.62. The van der Waals surface area contributed by atoms with Crippen molar-refractivity contribution < 1.29 is 14.3 Å². The molecule has 2 unspecified atom stereocenters. The third-order valence-corrected chi connectivity index (χ3v) is 6.98. The second-order valence-electron chi connectivity index (χ2n) is 8.66. The fraction of sp³-hybridized carbons (Fsp3) is 0.393.